The SMILES string of the molecule is O=S(=O)(O)c1cc(-c2ccc(N=Nc3ccc(N=Nc4cc(S(=O)(=O)O)c5cccc(O)c5c4O)c4ccccc34)c(S(=O)(=O)O)c2)ccc1N=Nc1cc(S(=O)(=O)O)c2cccc(O)c2c1O. The molecule has 8 aromatic carbocycles. The second kappa shape index (κ2) is 17.1. The van der Waals surface area contributed by atoms with Crippen molar-refractivity contribution in [3.8, 4) is 34.1 Å². The first-order valence-electron chi connectivity index (χ1n) is 18.8. The van der Waals surface area contributed by atoms with E-state index in [0.717, 1.165) is 36.4 Å². The number of azo groups is 3. The van der Waals surface area contributed by atoms with E-state index >= 15 is 0 Å². The number of phenols is 4. The lowest BCUT2D eigenvalue weighted by molar-refractivity contribution is 0.462. The second-order valence-electron chi connectivity index (χ2n) is 14.4. The Hall–Kier alpha value is -7.82. The van der Waals surface area contributed by atoms with E-state index in [1.54, 1.807) is 24.3 Å². The molecular weight excluding hydrogens is 973 g/mol. The number of benzene rings is 8. The summed E-state index contributed by atoms with van der Waals surface area (Å²) in [6.07, 6.45) is 0. The van der Waals surface area contributed by atoms with Gasteiger partial charge >= 0.3 is 0 Å². The van der Waals surface area contributed by atoms with Crippen LogP contribution in [0.4, 0.5) is 34.1 Å². The Morgan fingerprint density at radius 2 is 0.618 bits per heavy atom. The molecule has 22 nitrogen and oxygen atoms in total. The molecule has 0 aliphatic carbocycles. The van der Waals surface area contributed by atoms with Gasteiger partial charge in [0.25, 0.3) is 40.5 Å². The minimum absolute atomic E-state index is 0.0399. The molecule has 0 aromatic heterocycles. The third-order valence-corrected chi connectivity index (χ3v) is 13.7. The van der Waals surface area contributed by atoms with E-state index in [0.29, 0.717) is 16.8 Å². The van der Waals surface area contributed by atoms with Gasteiger partial charge in [-0.05, 0) is 71.8 Å². The summed E-state index contributed by atoms with van der Waals surface area (Å²) >= 11 is 0. The van der Waals surface area contributed by atoms with Crippen LogP contribution in [-0.2, 0) is 40.5 Å². The van der Waals surface area contributed by atoms with Gasteiger partial charge in [0.1, 0.15) is 53.8 Å². The van der Waals surface area contributed by atoms with E-state index in [4.69, 9.17) is 0 Å². The van der Waals surface area contributed by atoms with Crippen LogP contribution in [0.2, 0.25) is 0 Å². The summed E-state index contributed by atoms with van der Waals surface area (Å²) in [5.41, 5.74) is -1.83. The normalized spacial score (nSPS) is 12.9. The van der Waals surface area contributed by atoms with Gasteiger partial charge in [-0.1, -0.05) is 60.7 Å². The van der Waals surface area contributed by atoms with Crippen LogP contribution in [0.5, 0.6) is 23.0 Å². The zero-order valence-corrected chi connectivity index (χ0v) is 37.0. The van der Waals surface area contributed by atoms with Crippen LogP contribution in [0.3, 0.4) is 0 Å². The van der Waals surface area contributed by atoms with E-state index in [2.05, 4.69) is 30.7 Å². The number of hydrogen-bond donors (Lipinski definition) is 8. The summed E-state index contributed by atoms with van der Waals surface area (Å²) in [6.45, 7) is 0. The van der Waals surface area contributed by atoms with Crippen molar-refractivity contribution in [2.24, 2.45) is 30.7 Å². The molecule has 0 amide bonds. The van der Waals surface area contributed by atoms with E-state index in [-0.39, 0.29) is 44.3 Å². The highest BCUT2D eigenvalue weighted by molar-refractivity contribution is 7.86. The van der Waals surface area contributed by atoms with Gasteiger partial charge < -0.3 is 20.4 Å². The maximum atomic E-state index is 12.7. The van der Waals surface area contributed by atoms with Crippen LogP contribution >= 0.6 is 0 Å². The third-order valence-electron chi connectivity index (χ3n) is 10.1. The highest BCUT2D eigenvalue weighted by Crippen LogP contribution is 2.46. The molecule has 8 rings (SSSR count). The minimum Gasteiger partial charge on any atom is -0.507 e. The third kappa shape index (κ3) is 9.03. The predicted molar refractivity (Wildman–Crippen MR) is 242 cm³/mol. The lowest BCUT2D eigenvalue weighted by atomic mass is 10.0. The van der Waals surface area contributed by atoms with Gasteiger partial charge in [-0.2, -0.15) is 33.7 Å². The summed E-state index contributed by atoms with van der Waals surface area (Å²) < 4.78 is 139. The van der Waals surface area contributed by atoms with Gasteiger partial charge in [-0.3, -0.25) is 18.2 Å². The van der Waals surface area contributed by atoms with Gasteiger partial charge in [-0.25, -0.2) is 0 Å². The maximum Gasteiger partial charge on any atom is 0.296 e. The van der Waals surface area contributed by atoms with Gasteiger partial charge in [0.2, 0.25) is 0 Å². The molecule has 26 heteroatoms. The predicted octanol–water partition coefficient (Wildman–Crippen LogP) is 9.87. The summed E-state index contributed by atoms with van der Waals surface area (Å²) in [7, 11) is -20.1. The molecule has 0 unspecified atom stereocenters. The number of hydrogen-bond acceptors (Lipinski definition) is 18. The van der Waals surface area contributed by atoms with E-state index in [1.807, 2.05) is 0 Å². The fraction of sp³-hybridized carbons (Fsp3) is 0. The first-order chi connectivity index (χ1) is 31.9. The first-order valence-corrected chi connectivity index (χ1v) is 24.6. The largest absolute Gasteiger partial charge is 0.507 e. The number of rotatable bonds is 11. The molecule has 0 atom stereocenters. The van der Waals surface area contributed by atoms with Crippen molar-refractivity contribution in [2.75, 3.05) is 0 Å². The van der Waals surface area contributed by atoms with Gasteiger partial charge in [-0.15, -0.1) is 30.7 Å². The molecule has 0 heterocycles. The van der Waals surface area contributed by atoms with Crippen LogP contribution in [0.25, 0.3) is 43.4 Å². The van der Waals surface area contributed by atoms with Gasteiger partial charge in [0.05, 0.1) is 22.1 Å². The van der Waals surface area contributed by atoms with Gasteiger partial charge in [0, 0.05) is 21.5 Å². The minimum atomic E-state index is -5.15. The molecule has 0 saturated heterocycles. The number of aromatic hydroxyl groups is 4. The quantitative estimate of drug-likeness (QED) is 0.0441. The maximum absolute atomic E-state index is 12.7. The standard InChI is InChI=1S/C42H28N6O16S4/c49-33-9-3-7-25-35(65(53,54)55)19-31(41(51)39(25)33)47-44-28-16-15-27(23-5-1-2-6-24(23)28)43-45-29-13-11-21(17-37(29)67(59,60)61)22-12-14-30(38(18-22)68(62,63)64)46-48-32-20-36(66(56,57)58)26-8-4-10-34(50)40(26)42(32)52/h1-20,49-52H,(H,53,54,55)(H,56,57,58)(H,59,60,61)(H,62,63,64). The van der Waals surface area contributed by atoms with Crippen molar-refractivity contribution in [1.29, 1.82) is 0 Å². The smallest absolute Gasteiger partial charge is 0.296 e. The zero-order chi connectivity index (χ0) is 49.1. The highest BCUT2D eigenvalue weighted by atomic mass is 32.2. The number of fused-ring (bicyclic) bond motifs is 3. The van der Waals surface area contributed by atoms with Gasteiger partial charge in [0.15, 0.2) is 11.5 Å². The Morgan fingerprint density at radius 3 is 0.971 bits per heavy atom. The summed E-state index contributed by atoms with van der Waals surface area (Å²) in [5, 5.41) is 65.9. The molecule has 8 aromatic rings. The zero-order valence-electron chi connectivity index (χ0n) is 33.7. The Morgan fingerprint density at radius 1 is 0.309 bits per heavy atom. The van der Waals surface area contributed by atoms with E-state index < -0.39 is 106 Å². The fourth-order valence-corrected chi connectivity index (χ4v) is 9.81. The lowest BCUT2D eigenvalue weighted by Gasteiger charge is -2.11. The Bertz CT molecular complexity index is 4040. The molecule has 0 radical (unpaired) electrons. The number of nitrogens with zero attached hydrogens (tertiary/aromatic N) is 6. The molecule has 0 spiro atoms. The average Bonchev–Trinajstić information content (AvgIpc) is 3.26. The van der Waals surface area contributed by atoms with Crippen molar-refractivity contribution in [3.05, 3.63) is 121 Å². The average molecular weight is 1000 g/mol. The van der Waals surface area contributed by atoms with E-state index in [9.17, 15) is 72.3 Å². The monoisotopic (exact) mass is 1000 g/mol. The molecule has 8 N–H and O–H groups in total. The fourth-order valence-electron chi connectivity index (χ4n) is 7.10. The molecule has 0 aliphatic rings. The molecule has 0 saturated carbocycles. The van der Waals surface area contributed by atoms with E-state index in [1.165, 1.54) is 54.6 Å². The molecule has 0 bridgehead atoms. The molecule has 0 aliphatic heterocycles. The van der Waals surface area contributed by atoms with Crippen molar-refractivity contribution in [3.63, 3.8) is 0 Å². The van der Waals surface area contributed by atoms with Crippen molar-refractivity contribution in [1.82, 2.24) is 0 Å². The Labute approximate surface area is 383 Å². The molecule has 346 valence electrons. The Balaban J connectivity index is 1.14. The lowest BCUT2D eigenvalue weighted by Crippen LogP contribution is -2.00. The summed E-state index contributed by atoms with van der Waals surface area (Å²) in [6, 6.07) is 24.6. The number of phenolic OH excluding ortho intramolecular Hbond substituents is 4. The molecule has 0 fully saturated rings. The molecule has 68 heavy (non-hydrogen) atoms. The van der Waals surface area contributed by atoms with Crippen LogP contribution in [0.15, 0.2) is 172 Å². The first kappa shape index (κ1) is 46.7. The van der Waals surface area contributed by atoms with Crippen molar-refractivity contribution >= 4 is 107 Å². The summed E-state index contributed by atoms with van der Waals surface area (Å²) in [4.78, 5) is -3.13. The van der Waals surface area contributed by atoms with Crippen LogP contribution < -0.4 is 0 Å². The topological polar surface area (TPSA) is 373 Å². The second-order valence-corrected chi connectivity index (χ2v) is 20.0. The van der Waals surface area contributed by atoms with Crippen LogP contribution in [0, 0.1) is 0 Å². The highest BCUT2D eigenvalue weighted by Gasteiger charge is 2.25. The summed E-state index contributed by atoms with van der Waals surface area (Å²) in [5.74, 6) is -2.53. The van der Waals surface area contributed by atoms with Crippen molar-refractivity contribution in [2.45, 2.75) is 19.6 Å². The van der Waals surface area contributed by atoms with Crippen LogP contribution in [0.1, 0.15) is 0 Å². The van der Waals surface area contributed by atoms with Crippen LogP contribution in [-0.4, -0.2) is 72.3 Å². The molecular formula is C42H28N6O16S4. The van der Waals surface area contributed by atoms with Crippen molar-refractivity contribution < 1.29 is 72.3 Å². The Kier molecular flexibility index (Phi) is 11.8.